The number of halogens is 3. The third-order valence-corrected chi connectivity index (χ3v) is 2.11. The van der Waals surface area contributed by atoms with Crippen LogP contribution in [0, 0.1) is 0 Å². The Morgan fingerprint density at radius 3 is 2.21 bits per heavy atom. The molecule has 8 heteroatoms. The van der Waals surface area contributed by atoms with E-state index in [0.29, 0.717) is 11.3 Å². The minimum Gasteiger partial charge on any atom is -0.376 e. The van der Waals surface area contributed by atoms with Gasteiger partial charge in [0.1, 0.15) is 6.54 Å². The third kappa shape index (κ3) is 5.75. The Labute approximate surface area is 107 Å². The summed E-state index contributed by atoms with van der Waals surface area (Å²) in [6, 6.07) is 5.88. The Kier molecular flexibility index (Phi) is 4.74. The van der Waals surface area contributed by atoms with Crippen LogP contribution in [0.15, 0.2) is 24.3 Å². The summed E-state index contributed by atoms with van der Waals surface area (Å²) in [4.78, 5) is 21.9. The van der Waals surface area contributed by atoms with Gasteiger partial charge >= 0.3 is 6.18 Å². The summed E-state index contributed by atoms with van der Waals surface area (Å²) in [5.41, 5.74) is 5.83. The van der Waals surface area contributed by atoms with E-state index < -0.39 is 24.5 Å². The smallest absolute Gasteiger partial charge is 0.376 e. The standard InChI is InChI=1S/C11H12F3N3O2/c12-11(13,14)6-17-9(18)5-16-8-3-1-7(2-4-8)10(15)19/h1-4,16H,5-6H2,(H2,15,19)(H,17,18). The Bertz CT molecular complexity index is 457. The fourth-order valence-corrected chi connectivity index (χ4v) is 1.20. The Morgan fingerprint density at radius 1 is 1.16 bits per heavy atom. The van der Waals surface area contributed by atoms with E-state index in [1.165, 1.54) is 24.3 Å². The largest absolute Gasteiger partial charge is 0.405 e. The number of nitrogens with one attached hydrogen (secondary N) is 2. The molecule has 0 saturated carbocycles. The first-order chi connectivity index (χ1) is 8.78. The molecule has 1 rings (SSSR count). The van der Waals surface area contributed by atoms with E-state index in [4.69, 9.17) is 5.73 Å². The number of anilines is 1. The molecule has 0 unspecified atom stereocenters. The quantitative estimate of drug-likeness (QED) is 0.745. The molecule has 0 radical (unpaired) electrons. The van der Waals surface area contributed by atoms with Crippen LogP contribution in [0.4, 0.5) is 18.9 Å². The molecule has 0 atom stereocenters. The third-order valence-electron chi connectivity index (χ3n) is 2.11. The van der Waals surface area contributed by atoms with E-state index in [1.54, 1.807) is 5.32 Å². The lowest BCUT2D eigenvalue weighted by atomic mass is 10.2. The van der Waals surface area contributed by atoms with Gasteiger partial charge in [-0.15, -0.1) is 0 Å². The average Bonchev–Trinajstić information content (AvgIpc) is 2.33. The maximum absolute atomic E-state index is 11.8. The van der Waals surface area contributed by atoms with Gasteiger partial charge in [0, 0.05) is 11.3 Å². The molecule has 0 aliphatic heterocycles. The van der Waals surface area contributed by atoms with E-state index in [0.717, 1.165) is 0 Å². The first kappa shape index (κ1) is 14.8. The van der Waals surface area contributed by atoms with E-state index in [1.807, 2.05) is 0 Å². The van der Waals surface area contributed by atoms with Gasteiger partial charge in [-0.25, -0.2) is 0 Å². The predicted molar refractivity (Wildman–Crippen MR) is 62.5 cm³/mol. The summed E-state index contributed by atoms with van der Waals surface area (Å²) in [6.45, 7) is -1.67. The van der Waals surface area contributed by atoms with Crippen LogP contribution in [0.5, 0.6) is 0 Å². The van der Waals surface area contributed by atoms with Gasteiger partial charge in [0.2, 0.25) is 11.8 Å². The van der Waals surface area contributed by atoms with Crippen molar-refractivity contribution >= 4 is 17.5 Å². The number of amides is 2. The summed E-state index contributed by atoms with van der Waals surface area (Å²) in [5.74, 6) is -1.37. The van der Waals surface area contributed by atoms with Crippen LogP contribution in [0.25, 0.3) is 0 Å². The molecule has 0 aliphatic carbocycles. The first-order valence-corrected chi connectivity index (χ1v) is 5.25. The first-order valence-electron chi connectivity index (χ1n) is 5.25. The number of alkyl halides is 3. The topological polar surface area (TPSA) is 84.2 Å². The normalized spacial score (nSPS) is 10.9. The van der Waals surface area contributed by atoms with Crippen molar-refractivity contribution in [2.45, 2.75) is 6.18 Å². The monoisotopic (exact) mass is 275 g/mol. The number of carbonyl (C=O) groups excluding carboxylic acids is 2. The van der Waals surface area contributed by atoms with Gasteiger partial charge in [-0.1, -0.05) is 0 Å². The van der Waals surface area contributed by atoms with Crippen molar-refractivity contribution in [3.8, 4) is 0 Å². The number of hydrogen-bond donors (Lipinski definition) is 3. The van der Waals surface area contributed by atoms with Crippen molar-refractivity contribution in [3.05, 3.63) is 29.8 Å². The molecule has 19 heavy (non-hydrogen) atoms. The van der Waals surface area contributed by atoms with Crippen molar-refractivity contribution in [3.63, 3.8) is 0 Å². The van der Waals surface area contributed by atoms with Gasteiger partial charge in [0.25, 0.3) is 0 Å². The van der Waals surface area contributed by atoms with Gasteiger partial charge in [-0.3, -0.25) is 9.59 Å². The average molecular weight is 275 g/mol. The van der Waals surface area contributed by atoms with Crippen LogP contribution < -0.4 is 16.4 Å². The lowest BCUT2D eigenvalue weighted by Gasteiger charge is -2.09. The molecule has 1 aromatic carbocycles. The fraction of sp³-hybridized carbons (Fsp3) is 0.273. The Morgan fingerprint density at radius 2 is 1.74 bits per heavy atom. The number of rotatable bonds is 5. The fourth-order valence-electron chi connectivity index (χ4n) is 1.20. The SMILES string of the molecule is NC(=O)c1ccc(NCC(=O)NCC(F)(F)F)cc1. The molecular formula is C11H12F3N3O2. The summed E-state index contributed by atoms with van der Waals surface area (Å²) < 4.78 is 35.5. The van der Waals surface area contributed by atoms with Gasteiger partial charge in [-0.05, 0) is 24.3 Å². The Hall–Kier alpha value is -2.25. The number of carbonyl (C=O) groups is 2. The highest BCUT2D eigenvalue weighted by Gasteiger charge is 2.27. The van der Waals surface area contributed by atoms with Gasteiger partial charge < -0.3 is 16.4 Å². The molecule has 0 aromatic heterocycles. The molecule has 0 fully saturated rings. The lowest BCUT2D eigenvalue weighted by Crippen LogP contribution is -2.37. The highest BCUT2D eigenvalue weighted by atomic mass is 19.4. The molecule has 4 N–H and O–H groups in total. The number of benzene rings is 1. The lowest BCUT2D eigenvalue weighted by molar-refractivity contribution is -0.137. The highest BCUT2D eigenvalue weighted by Crippen LogP contribution is 2.12. The molecule has 0 bridgehead atoms. The second-order valence-corrected chi connectivity index (χ2v) is 3.69. The summed E-state index contributed by atoms with van der Waals surface area (Å²) in [6.07, 6.45) is -4.43. The molecule has 2 amide bonds. The molecule has 1 aromatic rings. The molecular weight excluding hydrogens is 263 g/mol. The van der Waals surface area contributed by atoms with Gasteiger partial charge in [-0.2, -0.15) is 13.2 Å². The zero-order valence-corrected chi connectivity index (χ0v) is 9.75. The minimum absolute atomic E-state index is 0.298. The Balaban J connectivity index is 2.40. The summed E-state index contributed by atoms with van der Waals surface area (Å²) in [5, 5.41) is 4.34. The minimum atomic E-state index is -4.43. The van der Waals surface area contributed by atoms with Crippen molar-refractivity contribution in [2.24, 2.45) is 5.73 Å². The van der Waals surface area contributed by atoms with Crippen LogP contribution in [0.2, 0.25) is 0 Å². The molecule has 104 valence electrons. The van der Waals surface area contributed by atoms with Gasteiger partial charge in [0.05, 0.1) is 6.54 Å². The van der Waals surface area contributed by atoms with E-state index >= 15 is 0 Å². The van der Waals surface area contributed by atoms with E-state index in [9.17, 15) is 22.8 Å². The van der Waals surface area contributed by atoms with Crippen LogP contribution in [0.3, 0.4) is 0 Å². The second-order valence-electron chi connectivity index (χ2n) is 3.69. The van der Waals surface area contributed by atoms with Crippen LogP contribution >= 0.6 is 0 Å². The maximum Gasteiger partial charge on any atom is 0.405 e. The zero-order chi connectivity index (χ0) is 14.5. The van der Waals surface area contributed by atoms with Crippen LogP contribution in [-0.4, -0.2) is 31.1 Å². The molecule has 0 aliphatic rings. The van der Waals surface area contributed by atoms with Crippen molar-refractivity contribution in [1.82, 2.24) is 5.32 Å². The number of hydrogen-bond acceptors (Lipinski definition) is 3. The highest BCUT2D eigenvalue weighted by molar-refractivity contribution is 5.93. The predicted octanol–water partition coefficient (Wildman–Crippen LogP) is 0.876. The number of primary amides is 1. The van der Waals surface area contributed by atoms with E-state index in [2.05, 4.69) is 5.32 Å². The van der Waals surface area contributed by atoms with E-state index in [-0.39, 0.29) is 6.54 Å². The zero-order valence-electron chi connectivity index (χ0n) is 9.75. The van der Waals surface area contributed by atoms with Crippen LogP contribution in [-0.2, 0) is 4.79 Å². The molecule has 5 nitrogen and oxygen atoms in total. The van der Waals surface area contributed by atoms with Crippen molar-refractivity contribution < 1.29 is 22.8 Å². The van der Waals surface area contributed by atoms with Crippen molar-refractivity contribution in [1.29, 1.82) is 0 Å². The number of nitrogens with two attached hydrogens (primary N) is 1. The summed E-state index contributed by atoms with van der Waals surface area (Å²) >= 11 is 0. The van der Waals surface area contributed by atoms with Crippen molar-refractivity contribution in [2.75, 3.05) is 18.4 Å². The molecule has 0 heterocycles. The second kappa shape index (κ2) is 6.07. The summed E-state index contributed by atoms with van der Waals surface area (Å²) in [7, 11) is 0. The molecule has 0 saturated heterocycles. The van der Waals surface area contributed by atoms with Gasteiger partial charge in [0.15, 0.2) is 0 Å². The van der Waals surface area contributed by atoms with Crippen LogP contribution in [0.1, 0.15) is 10.4 Å². The molecule has 0 spiro atoms. The maximum atomic E-state index is 11.8.